The summed E-state index contributed by atoms with van der Waals surface area (Å²) in [5.41, 5.74) is 2.89. The molecule has 1 heterocycles. The molecule has 8 heteroatoms. The molecule has 32 heavy (non-hydrogen) atoms. The van der Waals surface area contributed by atoms with Crippen molar-refractivity contribution < 1.29 is 32.2 Å². The molecule has 0 saturated carbocycles. The summed E-state index contributed by atoms with van der Waals surface area (Å²) in [4.78, 5) is 12.3. The van der Waals surface area contributed by atoms with Crippen LogP contribution in [0.2, 0.25) is 0 Å². The smallest absolute Gasteiger partial charge is 0.387 e. The molecule has 6 nitrogen and oxygen atoms in total. The van der Waals surface area contributed by atoms with Crippen molar-refractivity contribution in [2.24, 2.45) is 0 Å². The van der Waals surface area contributed by atoms with Gasteiger partial charge < -0.3 is 23.9 Å². The Labute approximate surface area is 185 Å². The predicted octanol–water partition coefficient (Wildman–Crippen LogP) is 5.06. The molecular weight excluding hydrogens is 420 g/mol. The number of alkyl halides is 2. The van der Waals surface area contributed by atoms with Crippen LogP contribution in [0, 0.1) is 13.8 Å². The Hall–Kier alpha value is -3.55. The van der Waals surface area contributed by atoms with E-state index in [0.29, 0.717) is 17.7 Å². The lowest BCUT2D eigenvalue weighted by Crippen LogP contribution is -2.25. The summed E-state index contributed by atoms with van der Waals surface area (Å²) in [6.45, 7) is 1.52. The van der Waals surface area contributed by atoms with Gasteiger partial charge >= 0.3 is 6.61 Å². The molecule has 0 saturated heterocycles. The zero-order valence-electron chi connectivity index (χ0n) is 18.1. The number of benzene rings is 2. The topological polar surface area (TPSA) is 69.9 Å². The van der Waals surface area contributed by atoms with E-state index in [1.165, 1.54) is 13.2 Å². The minimum Gasteiger partial charge on any atom is -0.493 e. The van der Waals surface area contributed by atoms with Gasteiger partial charge in [0.15, 0.2) is 17.3 Å². The molecule has 1 N–H and O–H groups in total. The minimum absolute atomic E-state index is 0.0502. The highest BCUT2D eigenvalue weighted by atomic mass is 19.3. The lowest BCUT2D eigenvalue weighted by Gasteiger charge is -2.11. The van der Waals surface area contributed by atoms with E-state index in [1.807, 2.05) is 32.0 Å². The number of carbonyl (C=O) groups is 1. The van der Waals surface area contributed by atoms with E-state index in [2.05, 4.69) is 10.1 Å². The van der Waals surface area contributed by atoms with Crippen molar-refractivity contribution in [1.82, 2.24) is 5.32 Å². The van der Waals surface area contributed by atoms with Crippen LogP contribution < -0.4 is 19.5 Å². The maximum Gasteiger partial charge on any atom is 0.387 e. The van der Waals surface area contributed by atoms with Crippen molar-refractivity contribution in [3.05, 3.63) is 76.7 Å². The van der Waals surface area contributed by atoms with Gasteiger partial charge in [-0.25, -0.2) is 0 Å². The van der Waals surface area contributed by atoms with Crippen LogP contribution in [0.25, 0.3) is 0 Å². The van der Waals surface area contributed by atoms with Crippen molar-refractivity contribution in [2.45, 2.75) is 33.5 Å². The minimum atomic E-state index is -2.95. The number of amides is 1. The maximum absolute atomic E-state index is 12.5. The Morgan fingerprint density at radius 2 is 1.81 bits per heavy atom. The van der Waals surface area contributed by atoms with Gasteiger partial charge in [-0.1, -0.05) is 23.8 Å². The molecule has 1 amide bonds. The van der Waals surface area contributed by atoms with Crippen molar-refractivity contribution in [3.8, 4) is 17.2 Å². The average molecular weight is 445 g/mol. The summed E-state index contributed by atoms with van der Waals surface area (Å²) in [5.74, 6) is 1.24. The summed E-state index contributed by atoms with van der Waals surface area (Å²) in [7, 11) is 1.37. The third-order valence-electron chi connectivity index (χ3n) is 4.73. The zero-order valence-corrected chi connectivity index (χ0v) is 18.1. The van der Waals surface area contributed by atoms with E-state index in [-0.39, 0.29) is 36.3 Å². The fourth-order valence-electron chi connectivity index (χ4n) is 3.16. The Kier molecular flexibility index (Phi) is 7.70. The number of carbonyl (C=O) groups excluding carboxylic acids is 1. The molecule has 0 unspecified atom stereocenters. The van der Waals surface area contributed by atoms with Gasteiger partial charge in [0.05, 0.1) is 7.11 Å². The van der Waals surface area contributed by atoms with E-state index >= 15 is 0 Å². The summed E-state index contributed by atoms with van der Waals surface area (Å²) >= 11 is 0. The SMILES string of the molecule is COc1ccc(CCNC(=O)c2ccc(COc3ccc(C)cc3C)o2)cc1OC(F)F. The number of aryl methyl sites for hydroxylation is 2. The molecule has 0 bridgehead atoms. The van der Waals surface area contributed by atoms with E-state index in [9.17, 15) is 13.6 Å². The number of methoxy groups -OCH3 is 1. The van der Waals surface area contributed by atoms with Crippen molar-refractivity contribution >= 4 is 5.91 Å². The number of rotatable bonds is 10. The molecule has 3 rings (SSSR count). The fraction of sp³-hybridized carbons (Fsp3) is 0.292. The van der Waals surface area contributed by atoms with Crippen LogP contribution in [0.4, 0.5) is 8.78 Å². The van der Waals surface area contributed by atoms with E-state index in [4.69, 9.17) is 13.9 Å². The van der Waals surface area contributed by atoms with Gasteiger partial charge in [0.25, 0.3) is 5.91 Å². The number of furan rings is 1. The molecule has 0 radical (unpaired) electrons. The van der Waals surface area contributed by atoms with Crippen LogP contribution in [0.3, 0.4) is 0 Å². The number of hydrogen-bond donors (Lipinski definition) is 1. The Bertz CT molecular complexity index is 1060. The van der Waals surface area contributed by atoms with E-state index in [1.54, 1.807) is 24.3 Å². The van der Waals surface area contributed by atoms with Crippen LogP contribution in [-0.2, 0) is 13.0 Å². The van der Waals surface area contributed by atoms with Gasteiger partial charge in [-0.2, -0.15) is 8.78 Å². The van der Waals surface area contributed by atoms with Crippen molar-refractivity contribution in [3.63, 3.8) is 0 Å². The predicted molar refractivity (Wildman–Crippen MR) is 115 cm³/mol. The van der Waals surface area contributed by atoms with Crippen molar-refractivity contribution in [1.29, 1.82) is 0 Å². The monoisotopic (exact) mass is 445 g/mol. The number of halogens is 2. The highest BCUT2D eigenvalue weighted by molar-refractivity contribution is 5.91. The quantitative estimate of drug-likeness (QED) is 0.473. The zero-order chi connectivity index (χ0) is 23.1. The van der Waals surface area contributed by atoms with Gasteiger partial charge in [0, 0.05) is 6.54 Å². The molecule has 0 aliphatic rings. The van der Waals surface area contributed by atoms with E-state index in [0.717, 1.165) is 16.9 Å². The summed E-state index contributed by atoms with van der Waals surface area (Å²) in [6.07, 6.45) is 0.415. The van der Waals surface area contributed by atoms with Gasteiger partial charge in [0.2, 0.25) is 0 Å². The lowest BCUT2D eigenvalue weighted by atomic mass is 10.1. The molecule has 2 aromatic carbocycles. The number of ether oxygens (including phenoxy) is 3. The van der Waals surface area contributed by atoms with Crippen LogP contribution in [0.1, 0.15) is 33.0 Å². The molecule has 0 aliphatic carbocycles. The molecule has 1 aromatic heterocycles. The summed E-state index contributed by atoms with van der Waals surface area (Å²) in [6, 6.07) is 13.9. The number of hydrogen-bond acceptors (Lipinski definition) is 5. The van der Waals surface area contributed by atoms with Crippen LogP contribution in [0.15, 0.2) is 52.9 Å². The molecule has 0 spiro atoms. The number of nitrogens with one attached hydrogen (secondary N) is 1. The second kappa shape index (κ2) is 10.7. The second-order valence-corrected chi connectivity index (χ2v) is 7.19. The van der Waals surface area contributed by atoms with Crippen LogP contribution in [-0.4, -0.2) is 26.2 Å². The van der Waals surface area contributed by atoms with Gasteiger partial charge in [-0.3, -0.25) is 4.79 Å². The molecule has 3 aromatic rings. The lowest BCUT2D eigenvalue weighted by molar-refractivity contribution is -0.0512. The normalized spacial score (nSPS) is 10.8. The molecular formula is C24H25F2NO5. The first-order valence-electron chi connectivity index (χ1n) is 10.0. The molecule has 0 fully saturated rings. The standard InChI is InChI=1S/C24H25F2NO5/c1-15-4-7-19(16(2)12-15)30-14-18-6-9-21(31-18)23(28)27-11-10-17-5-8-20(29-3)22(13-17)32-24(25)26/h4-9,12-13,24H,10-11,14H2,1-3H3,(H,27,28). The van der Waals surface area contributed by atoms with Crippen molar-refractivity contribution in [2.75, 3.05) is 13.7 Å². The molecule has 0 atom stereocenters. The van der Waals surface area contributed by atoms with Gasteiger partial charge in [-0.05, 0) is 61.7 Å². The Balaban J connectivity index is 1.51. The first-order chi connectivity index (χ1) is 15.4. The highest BCUT2D eigenvalue weighted by Gasteiger charge is 2.13. The second-order valence-electron chi connectivity index (χ2n) is 7.19. The first kappa shape index (κ1) is 23.1. The van der Waals surface area contributed by atoms with Crippen LogP contribution in [0.5, 0.6) is 17.2 Å². The third-order valence-corrected chi connectivity index (χ3v) is 4.73. The van der Waals surface area contributed by atoms with Gasteiger partial charge in [0.1, 0.15) is 18.1 Å². The summed E-state index contributed by atoms with van der Waals surface area (Å²) in [5, 5.41) is 2.75. The largest absolute Gasteiger partial charge is 0.493 e. The highest BCUT2D eigenvalue weighted by Crippen LogP contribution is 2.29. The maximum atomic E-state index is 12.5. The fourth-order valence-corrected chi connectivity index (χ4v) is 3.16. The molecule has 0 aliphatic heterocycles. The van der Waals surface area contributed by atoms with Gasteiger partial charge in [-0.15, -0.1) is 0 Å². The molecule has 170 valence electrons. The first-order valence-corrected chi connectivity index (χ1v) is 10.0. The van der Waals surface area contributed by atoms with E-state index < -0.39 is 6.61 Å². The average Bonchev–Trinajstić information content (AvgIpc) is 3.22. The third kappa shape index (κ3) is 6.23. The van der Waals surface area contributed by atoms with Crippen LogP contribution >= 0.6 is 0 Å². The Morgan fingerprint density at radius 3 is 2.53 bits per heavy atom. The summed E-state index contributed by atoms with van der Waals surface area (Å²) < 4.78 is 45.9. The Morgan fingerprint density at radius 1 is 1.03 bits per heavy atom.